The monoisotopic (exact) mass is 470 g/mol. The predicted molar refractivity (Wildman–Crippen MR) is 137 cm³/mol. The van der Waals surface area contributed by atoms with E-state index in [1.807, 2.05) is 54.6 Å². The van der Waals surface area contributed by atoms with Crippen LogP contribution in [0.1, 0.15) is 39.1 Å². The summed E-state index contributed by atoms with van der Waals surface area (Å²) in [6.45, 7) is 4.50. The van der Waals surface area contributed by atoms with Crippen LogP contribution in [0.2, 0.25) is 0 Å². The number of nitrogens with one attached hydrogen (secondary N) is 1. The number of carbonyl (C=O) groups is 3. The number of amides is 2. The third-order valence-corrected chi connectivity index (χ3v) is 5.65. The van der Waals surface area contributed by atoms with Crippen LogP contribution in [0.15, 0.2) is 91.5 Å². The van der Waals surface area contributed by atoms with Gasteiger partial charge in [-0.1, -0.05) is 72.8 Å². The fourth-order valence-corrected chi connectivity index (χ4v) is 3.92. The fourth-order valence-electron chi connectivity index (χ4n) is 3.92. The fraction of sp³-hybridized carbons (Fsp3) is 0.207. The average molecular weight is 471 g/mol. The highest BCUT2D eigenvalue weighted by atomic mass is 16.4. The Labute approximate surface area is 205 Å². The van der Waals surface area contributed by atoms with Crippen LogP contribution in [-0.4, -0.2) is 47.4 Å². The van der Waals surface area contributed by atoms with E-state index in [-0.39, 0.29) is 24.8 Å². The first kappa shape index (κ1) is 25.4. The number of carboxylic acid groups (broad SMARTS) is 1. The van der Waals surface area contributed by atoms with Gasteiger partial charge in [0.15, 0.2) is 0 Å². The van der Waals surface area contributed by atoms with Crippen LogP contribution in [-0.2, 0) is 11.2 Å². The van der Waals surface area contributed by atoms with E-state index < -0.39 is 5.97 Å². The smallest absolute Gasteiger partial charge is 0.305 e. The summed E-state index contributed by atoms with van der Waals surface area (Å²) < 4.78 is 0. The van der Waals surface area contributed by atoms with Crippen LogP contribution in [0.25, 0.3) is 11.1 Å². The molecule has 0 aliphatic heterocycles. The van der Waals surface area contributed by atoms with Crippen molar-refractivity contribution in [2.75, 3.05) is 19.6 Å². The second-order valence-corrected chi connectivity index (χ2v) is 8.11. The van der Waals surface area contributed by atoms with Gasteiger partial charge in [0, 0.05) is 30.8 Å². The summed E-state index contributed by atoms with van der Waals surface area (Å²) in [6.07, 6.45) is 2.96. The Balaban J connectivity index is 1.88. The van der Waals surface area contributed by atoms with Crippen LogP contribution < -0.4 is 5.32 Å². The molecule has 0 atom stereocenters. The SMILES string of the molecule is C=CCNC(=O)c1ccccc1-c1ccccc1C(=O)N(CCCc1ccccc1)CCC(=O)O. The molecule has 0 saturated carbocycles. The van der Waals surface area contributed by atoms with E-state index in [0.29, 0.717) is 41.8 Å². The van der Waals surface area contributed by atoms with E-state index in [1.165, 1.54) is 0 Å². The lowest BCUT2D eigenvalue weighted by atomic mass is 9.94. The molecule has 0 radical (unpaired) electrons. The van der Waals surface area contributed by atoms with Crippen molar-refractivity contribution in [1.82, 2.24) is 10.2 Å². The minimum Gasteiger partial charge on any atom is -0.481 e. The lowest BCUT2D eigenvalue weighted by Crippen LogP contribution is -2.34. The molecule has 3 aromatic rings. The zero-order chi connectivity index (χ0) is 25.0. The molecule has 0 saturated heterocycles. The van der Waals surface area contributed by atoms with Gasteiger partial charge >= 0.3 is 5.97 Å². The molecule has 0 aromatic heterocycles. The minimum absolute atomic E-state index is 0.110. The van der Waals surface area contributed by atoms with Gasteiger partial charge < -0.3 is 15.3 Å². The van der Waals surface area contributed by atoms with Gasteiger partial charge in [-0.3, -0.25) is 14.4 Å². The number of carbonyl (C=O) groups excluding carboxylic acids is 2. The summed E-state index contributed by atoms with van der Waals surface area (Å²) in [7, 11) is 0. The van der Waals surface area contributed by atoms with Gasteiger partial charge in [0.25, 0.3) is 11.8 Å². The average Bonchev–Trinajstić information content (AvgIpc) is 2.89. The molecule has 0 aliphatic rings. The number of aliphatic carboxylic acids is 1. The third kappa shape index (κ3) is 7.14. The predicted octanol–water partition coefficient (Wildman–Crippen LogP) is 4.82. The lowest BCUT2D eigenvalue weighted by Gasteiger charge is -2.24. The molecule has 0 unspecified atom stereocenters. The van der Waals surface area contributed by atoms with Crippen molar-refractivity contribution in [1.29, 1.82) is 0 Å². The zero-order valence-corrected chi connectivity index (χ0v) is 19.7. The molecule has 3 rings (SSSR count). The molecule has 35 heavy (non-hydrogen) atoms. The molecular formula is C29H30N2O4. The summed E-state index contributed by atoms with van der Waals surface area (Å²) >= 11 is 0. The number of aryl methyl sites for hydroxylation is 1. The van der Waals surface area contributed by atoms with E-state index in [4.69, 9.17) is 0 Å². The van der Waals surface area contributed by atoms with Crippen molar-refractivity contribution in [2.24, 2.45) is 0 Å². The molecule has 6 heteroatoms. The second kappa shape index (κ2) is 12.9. The quantitative estimate of drug-likeness (QED) is 0.372. The van der Waals surface area contributed by atoms with Crippen LogP contribution in [0.3, 0.4) is 0 Å². The Morgan fingerprint density at radius 1 is 0.829 bits per heavy atom. The number of hydrogen-bond donors (Lipinski definition) is 2. The zero-order valence-electron chi connectivity index (χ0n) is 19.7. The highest BCUT2D eigenvalue weighted by Crippen LogP contribution is 2.28. The summed E-state index contributed by atoms with van der Waals surface area (Å²) in [6, 6.07) is 24.2. The second-order valence-electron chi connectivity index (χ2n) is 8.11. The Morgan fingerprint density at radius 2 is 1.43 bits per heavy atom. The summed E-state index contributed by atoms with van der Waals surface area (Å²) in [5, 5.41) is 12.0. The van der Waals surface area contributed by atoms with Crippen molar-refractivity contribution in [3.8, 4) is 11.1 Å². The molecule has 6 nitrogen and oxygen atoms in total. The first-order chi connectivity index (χ1) is 17.0. The normalized spacial score (nSPS) is 10.4. The molecular weight excluding hydrogens is 440 g/mol. The maximum absolute atomic E-state index is 13.7. The molecule has 2 N–H and O–H groups in total. The number of rotatable bonds is 12. The first-order valence-electron chi connectivity index (χ1n) is 11.6. The van der Waals surface area contributed by atoms with Crippen LogP contribution in [0.4, 0.5) is 0 Å². The molecule has 2 amide bonds. The number of benzene rings is 3. The molecule has 0 bridgehead atoms. The van der Waals surface area contributed by atoms with Crippen LogP contribution >= 0.6 is 0 Å². The van der Waals surface area contributed by atoms with Crippen LogP contribution in [0.5, 0.6) is 0 Å². The van der Waals surface area contributed by atoms with E-state index in [1.54, 1.807) is 35.2 Å². The minimum atomic E-state index is -0.955. The standard InChI is InChI=1S/C29H30N2O4/c1-2-19-30-28(34)25-16-8-6-14-23(25)24-15-7-9-17-26(24)29(35)31(21-18-27(32)33)20-10-13-22-11-4-3-5-12-22/h2-9,11-12,14-17H,1,10,13,18-21H2,(H,30,34)(H,32,33). The maximum atomic E-state index is 13.7. The largest absolute Gasteiger partial charge is 0.481 e. The van der Waals surface area contributed by atoms with Crippen molar-refractivity contribution in [2.45, 2.75) is 19.3 Å². The van der Waals surface area contributed by atoms with Crippen molar-refractivity contribution < 1.29 is 19.5 Å². The summed E-state index contributed by atoms with van der Waals surface area (Å²) in [4.78, 5) is 39.3. The van der Waals surface area contributed by atoms with Crippen LogP contribution in [0, 0.1) is 0 Å². The third-order valence-electron chi connectivity index (χ3n) is 5.65. The Bertz CT molecular complexity index is 1170. The first-order valence-corrected chi connectivity index (χ1v) is 11.6. The highest BCUT2D eigenvalue weighted by molar-refractivity contribution is 6.06. The molecule has 0 spiro atoms. The lowest BCUT2D eigenvalue weighted by molar-refractivity contribution is -0.137. The van der Waals surface area contributed by atoms with Crippen molar-refractivity contribution in [3.05, 3.63) is 108 Å². The van der Waals surface area contributed by atoms with E-state index in [2.05, 4.69) is 11.9 Å². The van der Waals surface area contributed by atoms with Gasteiger partial charge in [-0.2, -0.15) is 0 Å². The molecule has 0 fully saturated rings. The Kier molecular flexibility index (Phi) is 9.37. The number of carboxylic acids is 1. The van der Waals surface area contributed by atoms with E-state index in [0.717, 1.165) is 12.0 Å². The number of nitrogens with zero attached hydrogens (tertiary/aromatic N) is 1. The summed E-state index contributed by atoms with van der Waals surface area (Å²) in [5.74, 6) is -1.46. The molecule has 0 aliphatic carbocycles. The van der Waals surface area contributed by atoms with Gasteiger partial charge in [-0.25, -0.2) is 0 Å². The van der Waals surface area contributed by atoms with Gasteiger partial charge in [0.1, 0.15) is 0 Å². The molecule has 0 heterocycles. The number of hydrogen-bond acceptors (Lipinski definition) is 3. The van der Waals surface area contributed by atoms with Gasteiger partial charge in [0.05, 0.1) is 6.42 Å². The van der Waals surface area contributed by atoms with Gasteiger partial charge in [0.2, 0.25) is 0 Å². The Morgan fingerprint density at radius 3 is 2.09 bits per heavy atom. The van der Waals surface area contributed by atoms with Crippen molar-refractivity contribution >= 4 is 17.8 Å². The van der Waals surface area contributed by atoms with E-state index in [9.17, 15) is 19.5 Å². The topological polar surface area (TPSA) is 86.7 Å². The maximum Gasteiger partial charge on any atom is 0.305 e. The van der Waals surface area contributed by atoms with Gasteiger partial charge in [-0.05, 0) is 41.7 Å². The summed E-state index contributed by atoms with van der Waals surface area (Å²) in [5.41, 5.74) is 3.32. The van der Waals surface area contributed by atoms with Gasteiger partial charge in [-0.15, -0.1) is 6.58 Å². The molecule has 180 valence electrons. The van der Waals surface area contributed by atoms with Crippen molar-refractivity contribution in [3.63, 3.8) is 0 Å². The van der Waals surface area contributed by atoms with E-state index >= 15 is 0 Å². The molecule has 3 aromatic carbocycles. The highest BCUT2D eigenvalue weighted by Gasteiger charge is 2.22. The Hall–Kier alpha value is -4.19.